The summed E-state index contributed by atoms with van der Waals surface area (Å²) in [6.45, 7) is 1.11. The van der Waals surface area contributed by atoms with Crippen LogP contribution in [-0.4, -0.2) is 32.8 Å². The van der Waals surface area contributed by atoms with E-state index in [2.05, 4.69) is 4.72 Å². The second-order valence-corrected chi connectivity index (χ2v) is 9.11. The van der Waals surface area contributed by atoms with Crippen molar-refractivity contribution in [3.8, 4) is 0 Å². The molecule has 1 aliphatic rings. The van der Waals surface area contributed by atoms with Crippen LogP contribution in [0.3, 0.4) is 0 Å². The van der Waals surface area contributed by atoms with E-state index in [-0.39, 0.29) is 21.4 Å². The highest BCUT2D eigenvalue weighted by Gasteiger charge is 2.26. The van der Waals surface area contributed by atoms with E-state index in [1.54, 1.807) is 4.90 Å². The number of carbonyl (C=O) groups is 1. The zero-order chi connectivity index (χ0) is 19.4. The van der Waals surface area contributed by atoms with E-state index < -0.39 is 10.0 Å². The fraction of sp³-hybridized carbons (Fsp3) is 0.350. The summed E-state index contributed by atoms with van der Waals surface area (Å²) in [5.74, 6) is 0.240. The molecule has 0 aromatic heterocycles. The van der Waals surface area contributed by atoms with Gasteiger partial charge in [-0.2, -0.15) is 0 Å². The Morgan fingerprint density at radius 1 is 1.19 bits per heavy atom. The number of nitrogens with one attached hydrogen (secondary N) is 1. The lowest BCUT2D eigenvalue weighted by Gasteiger charge is -2.33. The number of amides is 1. The molecule has 1 amide bonds. The smallest absolute Gasteiger partial charge is 0.255 e. The summed E-state index contributed by atoms with van der Waals surface area (Å²) in [5, 5.41) is 0.252. The maximum Gasteiger partial charge on any atom is 0.255 e. The number of halogens is 1. The molecule has 0 aliphatic heterocycles. The van der Waals surface area contributed by atoms with Crippen molar-refractivity contribution in [2.75, 3.05) is 13.6 Å². The highest BCUT2D eigenvalue weighted by molar-refractivity contribution is 7.89. The van der Waals surface area contributed by atoms with Gasteiger partial charge in [-0.25, -0.2) is 13.1 Å². The quantitative estimate of drug-likeness (QED) is 0.762. The van der Waals surface area contributed by atoms with Gasteiger partial charge in [-0.3, -0.25) is 4.79 Å². The molecule has 0 heterocycles. The molecule has 1 fully saturated rings. The summed E-state index contributed by atoms with van der Waals surface area (Å²) < 4.78 is 26.5. The Kier molecular flexibility index (Phi) is 6.19. The molecule has 0 radical (unpaired) electrons. The number of sulfonamides is 1. The number of rotatable bonds is 7. The number of benzene rings is 2. The second-order valence-electron chi connectivity index (χ2n) is 6.82. The van der Waals surface area contributed by atoms with Gasteiger partial charge in [0, 0.05) is 13.1 Å². The molecule has 27 heavy (non-hydrogen) atoms. The normalized spacial score (nSPS) is 14.6. The van der Waals surface area contributed by atoms with E-state index in [1.807, 2.05) is 30.3 Å². The number of nitrogens with zero attached hydrogens (tertiary/aromatic N) is 1. The number of hydrogen-bond donors (Lipinski definition) is 1. The number of carbonyl (C=O) groups excluding carboxylic acids is 1. The van der Waals surface area contributed by atoms with Crippen LogP contribution in [0.4, 0.5) is 0 Å². The Morgan fingerprint density at radius 3 is 2.48 bits per heavy atom. The summed E-state index contributed by atoms with van der Waals surface area (Å²) in [6, 6.07) is 14.0. The van der Waals surface area contributed by atoms with E-state index in [1.165, 1.54) is 31.7 Å². The van der Waals surface area contributed by atoms with Gasteiger partial charge in [-0.1, -0.05) is 48.4 Å². The average molecular weight is 407 g/mol. The van der Waals surface area contributed by atoms with Crippen LogP contribution in [0.25, 0.3) is 0 Å². The fourth-order valence-electron chi connectivity index (χ4n) is 3.13. The maximum atomic E-state index is 13.2. The van der Waals surface area contributed by atoms with Crippen molar-refractivity contribution < 1.29 is 13.2 Å². The molecule has 7 heteroatoms. The van der Waals surface area contributed by atoms with Crippen LogP contribution in [0, 0.1) is 5.92 Å². The van der Waals surface area contributed by atoms with Gasteiger partial charge in [0.2, 0.25) is 10.0 Å². The topological polar surface area (TPSA) is 66.5 Å². The molecular weight excluding hydrogens is 384 g/mol. The van der Waals surface area contributed by atoms with Gasteiger partial charge in [0.1, 0.15) is 0 Å². The molecular formula is C20H23ClN2O3S. The molecule has 2 aromatic carbocycles. The third kappa shape index (κ3) is 4.69. The largest absolute Gasteiger partial charge is 0.334 e. The summed E-state index contributed by atoms with van der Waals surface area (Å²) in [4.78, 5) is 15.0. The third-order valence-corrected chi connectivity index (χ3v) is 6.70. The summed E-state index contributed by atoms with van der Waals surface area (Å²) in [5.41, 5.74) is 1.24. The Labute approximate surface area is 165 Å². The maximum absolute atomic E-state index is 13.2. The van der Waals surface area contributed by atoms with Crippen LogP contribution in [0.1, 0.15) is 35.2 Å². The first-order valence-corrected chi connectivity index (χ1v) is 10.8. The van der Waals surface area contributed by atoms with Crippen LogP contribution in [0.2, 0.25) is 5.02 Å². The molecule has 1 N–H and O–H groups in total. The van der Waals surface area contributed by atoms with Crippen molar-refractivity contribution in [2.24, 2.45) is 5.92 Å². The van der Waals surface area contributed by atoms with E-state index in [9.17, 15) is 13.2 Å². The predicted octanol–water partition coefficient (Wildman–Crippen LogP) is 3.69. The molecule has 0 atom stereocenters. The third-order valence-electron chi connectivity index (χ3n) is 4.95. The first-order chi connectivity index (χ1) is 12.9. The SMILES string of the molecule is CNS(=O)(=O)c1ccc(Cl)c(C(=O)N(Cc2ccccc2)CC2CCC2)c1. The first kappa shape index (κ1) is 19.9. The summed E-state index contributed by atoms with van der Waals surface area (Å²) in [7, 11) is -2.31. The number of hydrogen-bond acceptors (Lipinski definition) is 3. The minimum absolute atomic E-state index is 0.0288. The Balaban J connectivity index is 1.91. The monoisotopic (exact) mass is 406 g/mol. The summed E-state index contributed by atoms with van der Waals surface area (Å²) >= 11 is 6.25. The molecule has 1 aliphatic carbocycles. The molecule has 0 spiro atoms. The van der Waals surface area contributed by atoms with Crippen molar-refractivity contribution in [2.45, 2.75) is 30.7 Å². The molecule has 5 nitrogen and oxygen atoms in total. The molecule has 1 saturated carbocycles. The molecule has 144 valence electrons. The highest BCUT2D eigenvalue weighted by Crippen LogP contribution is 2.29. The van der Waals surface area contributed by atoms with Crippen LogP contribution >= 0.6 is 11.6 Å². The van der Waals surface area contributed by atoms with Gasteiger partial charge in [-0.05, 0) is 49.6 Å². The van der Waals surface area contributed by atoms with Crippen LogP contribution in [0.5, 0.6) is 0 Å². The van der Waals surface area contributed by atoms with Crippen LogP contribution < -0.4 is 4.72 Å². The Hall–Kier alpha value is -1.89. The van der Waals surface area contributed by atoms with Gasteiger partial charge in [0.05, 0.1) is 15.5 Å². The second kappa shape index (κ2) is 8.42. The average Bonchev–Trinajstić information content (AvgIpc) is 2.64. The Morgan fingerprint density at radius 2 is 1.89 bits per heavy atom. The van der Waals surface area contributed by atoms with Gasteiger partial charge in [0.15, 0.2) is 0 Å². The lowest BCUT2D eigenvalue weighted by atomic mass is 9.85. The highest BCUT2D eigenvalue weighted by atomic mass is 35.5. The Bertz CT molecular complexity index is 912. The van der Waals surface area contributed by atoms with Gasteiger partial charge < -0.3 is 4.90 Å². The first-order valence-electron chi connectivity index (χ1n) is 8.97. The van der Waals surface area contributed by atoms with Crippen molar-refractivity contribution in [3.63, 3.8) is 0 Å². The molecule has 3 rings (SSSR count). The molecule has 0 bridgehead atoms. The van der Waals surface area contributed by atoms with E-state index in [0.717, 1.165) is 18.4 Å². The van der Waals surface area contributed by atoms with E-state index >= 15 is 0 Å². The minimum atomic E-state index is -3.65. The van der Waals surface area contributed by atoms with Crippen molar-refractivity contribution in [1.82, 2.24) is 9.62 Å². The van der Waals surface area contributed by atoms with Crippen LogP contribution in [-0.2, 0) is 16.6 Å². The van der Waals surface area contributed by atoms with Crippen molar-refractivity contribution in [3.05, 3.63) is 64.7 Å². The van der Waals surface area contributed by atoms with Gasteiger partial charge >= 0.3 is 0 Å². The zero-order valence-corrected chi connectivity index (χ0v) is 16.8. The van der Waals surface area contributed by atoms with Crippen LogP contribution in [0.15, 0.2) is 53.4 Å². The lowest BCUT2D eigenvalue weighted by Crippen LogP contribution is -2.37. The van der Waals surface area contributed by atoms with Crippen molar-refractivity contribution >= 4 is 27.5 Å². The fourth-order valence-corrected chi connectivity index (χ4v) is 4.09. The lowest BCUT2D eigenvalue weighted by molar-refractivity contribution is 0.0679. The molecule has 0 unspecified atom stereocenters. The zero-order valence-electron chi connectivity index (χ0n) is 15.2. The minimum Gasteiger partial charge on any atom is -0.334 e. The van der Waals surface area contributed by atoms with Gasteiger partial charge in [-0.15, -0.1) is 0 Å². The standard InChI is InChI=1S/C20H23ClN2O3S/c1-22-27(25,26)17-10-11-19(21)18(12-17)20(24)23(14-16-8-5-9-16)13-15-6-3-2-4-7-15/h2-4,6-7,10-12,16,22H,5,8-9,13-14H2,1H3. The predicted molar refractivity (Wildman–Crippen MR) is 106 cm³/mol. The van der Waals surface area contributed by atoms with Crippen molar-refractivity contribution in [1.29, 1.82) is 0 Å². The van der Waals surface area contributed by atoms with Gasteiger partial charge in [0.25, 0.3) is 5.91 Å². The van der Waals surface area contributed by atoms with E-state index in [4.69, 9.17) is 11.6 Å². The molecule has 2 aromatic rings. The van der Waals surface area contributed by atoms with E-state index in [0.29, 0.717) is 19.0 Å². The molecule has 0 saturated heterocycles. The summed E-state index contributed by atoms with van der Waals surface area (Å²) in [6.07, 6.45) is 3.41.